The van der Waals surface area contributed by atoms with Gasteiger partial charge in [-0.3, -0.25) is 10.1 Å². The van der Waals surface area contributed by atoms with E-state index in [9.17, 15) is 9.59 Å². The maximum absolute atomic E-state index is 12.7. The lowest BCUT2D eigenvalue weighted by Gasteiger charge is -2.11. The number of aromatic nitrogens is 3. The number of benzene rings is 2. The Balaban J connectivity index is 1.40. The highest BCUT2D eigenvalue weighted by atomic mass is 32.1. The zero-order valence-electron chi connectivity index (χ0n) is 17.2. The Labute approximate surface area is 183 Å². The Bertz CT molecular complexity index is 1210. The molecule has 0 saturated carbocycles. The van der Waals surface area contributed by atoms with Gasteiger partial charge in [0.15, 0.2) is 5.13 Å². The molecule has 0 saturated heterocycles. The first kappa shape index (κ1) is 20.5. The van der Waals surface area contributed by atoms with Crippen LogP contribution in [0, 0.1) is 13.8 Å². The van der Waals surface area contributed by atoms with Gasteiger partial charge >= 0.3 is 6.03 Å². The van der Waals surface area contributed by atoms with Crippen molar-refractivity contribution in [2.24, 2.45) is 0 Å². The maximum Gasteiger partial charge on any atom is 0.321 e. The zero-order chi connectivity index (χ0) is 21.8. The molecule has 0 fully saturated rings. The second-order valence-electron chi connectivity index (χ2n) is 7.11. The van der Waals surface area contributed by atoms with Crippen LogP contribution in [0.25, 0.3) is 10.2 Å². The second kappa shape index (κ2) is 8.97. The molecule has 158 valence electrons. The highest BCUT2D eigenvalue weighted by molar-refractivity contribution is 7.22. The van der Waals surface area contributed by atoms with Crippen LogP contribution in [0.2, 0.25) is 0 Å². The fraction of sp³-hybridized carbons (Fsp3) is 0.182. The van der Waals surface area contributed by atoms with Gasteiger partial charge in [-0.15, -0.1) is 0 Å². The molecular formula is C22H22N6O2S. The fourth-order valence-electron chi connectivity index (χ4n) is 3.19. The van der Waals surface area contributed by atoms with E-state index in [1.807, 2.05) is 32.0 Å². The van der Waals surface area contributed by atoms with Gasteiger partial charge in [-0.05, 0) is 43.2 Å². The molecule has 3 amide bonds. The molecule has 0 aliphatic heterocycles. The molecule has 0 bridgehead atoms. The number of imidazole rings is 1. The number of carbonyl (C=O) groups excluding carboxylic acids is 2. The van der Waals surface area contributed by atoms with E-state index in [1.54, 1.807) is 30.7 Å². The predicted octanol–water partition coefficient (Wildman–Crippen LogP) is 4.25. The molecule has 0 atom stereocenters. The maximum atomic E-state index is 12.7. The molecule has 2 aromatic heterocycles. The van der Waals surface area contributed by atoms with Crippen LogP contribution in [0.1, 0.15) is 27.2 Å². The fourth-order valence-corrected chi connectivity index (χ4v) is 4.09. The lowest BCUT2D eigenvalue weighted by atomic mass is 10.1. The first-order valence-corrected chi connectivity index (χ1v) is 10.6. The first-order valence-electron chi connectivity index (χ1n) is 9.80. The van der Waals surface area contributed by atoms with Crippen LogP contribution >= 0.6 is 11.3 Å². The number of thiazole rings is 1. The number of aryl methyl sites for hydroxylation is 2. The molecule has 4 rings (SSSR count). The number of nitrogens with zero attached hydrogens (tertiary/aromatic N) is 2. The van der Waals surface area contributed by atoms with Crippen molar-refractivity contribution in [2.75, 3.05) is 17.2 Å². The molecule has 8 nitrogen and oxygen atoms in total. The first-order chi connectivity index (χ1) is 15.0. The minimum absolute atomic E-state index is 0.182. The van der Waals surface area contributed by atoms with Gasteiger partial charge in [0.25, 0.3) is 5.91 Å². The van der Waals surface area contributed by atoms with Crippen molar-refractivity contribution in [3.05, 3.63) is 71.3 Å². The molecule has 2 aromatic carbocycles. The minimum Gasteiger partial charge on any atom is -0.351 e. The molecule has 2 heterocycles. The highest BCUT2D eigenvalue weighted by Crippen LogP contribution is 2.27. The molecule has 0 unspecified atom stereocenters. The van der Waals surface area contributed by atoms with E-state index in [0.29, 0.717) is 23.7 Å². The number of fused-ring (bicyclic) bond motifs is 1. The third-order valence-corrected chi connectivity index (χ3v) is 5.75. The molecular weight excluding hydrogens is 412 g/mol. The normalized spacial score (nSPS) is 10.8. The molecule has 4 aromatic rings. The summed E-state index contributed by atoms with van der Waals surface area (Å²) in [5, 5.41) is 8.99. The number of rotatable bonds is 6. The van der Waals surface area contributed by atoms with Gasteiger partial charge in [-0.25, -0.2) is 14.8 Å². The van der Waals surface area contributed by atoms with E-state index in [-0.39, 0.29) is 11.9 Å². The smallest absolute Gasteiger partial charge is 0.321 e. The lowest BCUT2D eigenvalue weighted by molar-refractivity contribution is 0.102. The van der Waals surface area contributed by atoms with Crippen LogP contribution in [0.15, 0.2) is 48.9 Å². The van der Waals surface area contributed by atoms with E-state index in [4.69, 9.17) is 0 Å². The number of aromatic amines is 1. The summed E-state index contributed by atoms with van der Waals surface area (Å²) in [6, 6.07) is 10.9. The number of hydrogen-bond acceptors (Lipinski definition) is 5. The summed E-state index contributed by atoms with van der Waals surface area (Å²) in [5.74, 6) is -0.182. The largest absolute Gasteiger partial charge is 0.351 e. The van der Waals surface area contributed by atoms with E-state index in [1.165, 1.54) is 11.3 Å². The second-order valence-corrected chi connectivity index (χ2v) is 8.14. The quantitative estimate of drug-likeness (QED) is 0.363. The molecule has 31 heavy (non-hydrogen) atoms. The van der Waals surface area contributed by atoms with E-state index < -0.39 is 0 Å². The standard InChI is InChI=1S/C22H22N6O2S/c1-13-4-3-5-14(2)19(13)27-20(29)15-6-7-17-18(10-15)31-22(26-17)28-21(30)24-9-8-16-11-23-12-25-16/h3-7,10-12H,8-9H2,1-2H3,(H,23,25)(H,27,29)(H2,24,26,28,30). The zero-order valence-corrected chi connectivity index (χ0v) is 18.0. The number of hydrogen-bond donors (Lipinski definition) is 4. The van der Waals surface area contributed by atoms with Gasteiger partial charge in [0.1, 0.15) is 0 Å². The molecule has 0 radical (unpaired) electrons. The predicted molar refractivity (Wildman–Crippen MR) is 123 cm³/mol. The third kappa shape index (κ3) is 4.89. The van der Waals surface area contributed by atoms with Gasteiger partial charge in [-0.1, -0.05) is 29.5 Å². The van der Waals surface area contributed by atoms with E-state index >= 15 is 0 Å². The number of amides is 3. The lowest BCUT2D eigenvalue weighted by Crippen LogP contribution is -2.30. The number of para-hydroxylation sites is 1. The van der Waals surface area contributed by atoms with Crippen LogP contribution < -0.4 is 16.0 Å². The van der Waals surface area contributed by atoms with E-state index in [2.05, 4.69) is 30.9 Å². The van der Waals surface area contributed by atoms with Gasteiger partial charge in [0.05, 0.1) is 22.2 Å². The summed E-state index contributed by atoms with van der Waals surface area (Å²) in [7, 11) is 0. The van der Waals surface area contributed by atoms with Gasteiger partial charge < -0.3 is 15.6 Å². The van der Waals surface area contributed by atoms with Crippen molar-refractivity contribution in [2.45, 2.75) is 20.3 Å². The summed E-state index contributed by atoms with van der Waals surface area (Å²) < 4.78 is 0.820. The Morgan fingerprint density at radius 2 is 1.90 bits per heavy atom. The Morgan fingerprint density at radius 1 is 1.10 bits per heavy atom. The van der Waals surface area contributed by atoms with Crippen molar-refractivity contribution in [1.82, 2.24) is 20.3 Å². The number of urea groups is 1. The van der Waals surface area contributed by atoms with Crippen molar-refractivity contribution in [3.8, 4) is 0 Å². The van der Waals surface area contributed by atoms with Gasteiger partial charge in [0, 0.05) is 30.4 Å². The summed E-state index contributed by atoms with van der Waals surface area (Å²) in [6.45, 7) is 4.39. The van der Waals surface area contributed by atoms with Crippen LogP contribution in [-0.2, 0) is 6.42 Å². The van der Waals surface area contributed by atoms with Crippen molar-refractivity contribution in [1.29, 1.82) is 0 Å². The highest BCUT2D eigenvalue weighted by Gasteiger charge is 2.13. The number of nitrogens with one attached hydrogen (secondary N) is 4. The molecule has 0 aliphatic carbocycles. The molecule has 9 heteroatoms. The monoisotopic (exact) mass is 434 g/mol. The third-order valence-electron chi connectivity index (χ3n) is 4.81. The van der Waals surface area contributed by atoms with E-state index in [0.717, 1.165) is 32.7 Å². The molecule has 4 N–H and O–H groups in total. The number of carbonyl (C=O) groups is 2. The molecule has 0 aliphatic rings. The van der Waals surface area contributed by atoms with Crippen molar-refractivity contribution < 1.29 is 9.59 Å². The van der Waals surface area contributed by atoms with Crippen LogP contribution in [-0.4, -0.2) is 33.4 Å². The van der Waals surface area contributed by atoms with Crippen LogP contribution in [0.3, 0.4) is 0 Å². The average molecular weight is 435 g/mol. The summed E-state index contributed by atoms with van der Waals surface area (Å²) in [5.41, 5.74) is 4.99. The van der Waals surface area contributed by atoms with Gasteiger partial charge in [-0.2, -0.15) is 0 Å². The van der Waals surface area contributed by atoms with Crippen LogP contribution in [0.5, 0.6) is 0 Å². The van der Waals surface area contributed by atoms with Crippen LogP contribution in [0.4, 0.5) is 15.6 Å². The summed E-state index contributed by atoms with van der Waals surface area (Å²) in [4.78, 5) is 36.3. The van der Waals surface area contributed by atoms with Gasteiger partial charge in [0.2, 0.25) is 0 Å². The van der Waals surface area contributed by atoms with Crippen molar-refractivity contribution >= 4 is 44.3 Å². The topological polar surface area (TPSA) is 112 Å². The number of H-pyrrole nitrogens is 1. The summed E-state index contributed by atoms with van der Waals surface area (Å²) >= 11 is 1.32. The SMILES string of the molecule is Cc1cccc(C)c1NC(=O)c1ccc2nc(NC(=O)NCCc3c[nH]cn3)sc2c1. The minimum atomic E-state index is -0.331. The molecule has 0 spiro atoms. The number of anilines is 2. The Hall–Kier alpha value is -3.72. The summed E-state index contributed by atoms with van der Waals surface area (Å²) in [6.07, 6.45) is 4.03. The van der Waals surface area contributed by atoms with Crippen molar-refractivity contribution in [3.63, 3.8) is 0 Å². The Kier molecular flexibility index (Phi) is 5.94. The average Bonchev–Trinajstić information content (AvgIpc) is 3.39. The Morgan fingerprint density at radius 3 is 2.65 bits per heavy atom.